The minimum atomic E-state index is 0.226. The van der Waals surface area contributed by atoms with Gasteiger partial charge >= 0.3 is 0 Å². The number of para-hydroxylation sites is 1. The second kappa shape index (κ2) is 7.76. The Bertz CT molecular complexity index is 592. The van der Waals surface area contributed by atoms with Gasteiger partial charge in [-0.1, -0.05) is 18.2 Å². The van der Waals surface area contributed by atoms with Gasteiger partial charge in [0, 0.05) is 25.6 Å². The summed E-state index contributed by atoms with van der Waals surface area (Å²) in [7, 11) is 0. The minimum absolute atomic E-state index is 0.226. The largest absolute Gasteiger partial charge is 0.494 e. The molecule has 2 heterocycles. The van der Waals surface area contributed by atoms with Crippen molar-refractivity contribution in [2.45, 2.75) is 31.7 Å². The number of rotatable bonds is 6. The minimum Gasteiger partial charge on any atom is -0.494 e. The Morgan fingerprint density at radius 3 is 2.52 bits per heavy atom. The van der Waals surface area contributed by atoms with E-state index >= 15 is 0 Å². The molecule has 1 aliphatic rings. The molecule has 1 saturated heterocycles. The lowest BCUT2D eigenvalue weighted by Crippen LogP contribution is -2.38. The van der Waals surface area contributed by atoms with Gasteiger partial charge in [-0.15, -0.1) is 10.2 Å². The van der Waals surface area contributed by atoms with Gasteiger partial charge < -0.3 is 14.2 Å². The Balaban J connectivity index is 1.35. The van der Waals surface area contributed by atoms with E-state index in [2.05, 4.69) is 10.2 Å². The molecule has 2 aromatic rings. The number of piperidine rings is 1. The van der Waals surface area contributed by atoms with E-state index in [0.717, 1.165) is 38.1 Å². The Kier molecular flexibility index (Phi) is 5.24. The van der Waals surface area contributed by atoms with Crippen molar-refractivity contribution in [1.82, 2.24) is 19.7 Å². The average molecular weight is 314 g/mol. The first-order chi connectivity index (χ1) is 11.3. The second-order valence-corrected chi connectivity index (χ2v) is 5.79. The molecule has 0 unspecified atom stereocenters. The Morgan fingerprint density at radius 1 is 1.13 bits per heavy atom. The zero-order valence-electron chi connectivity index (χ0n) is 13.2. The van der Waals surface area contributed by atoms with Gasteiger partial charge in [-0.3, -0.25) is 4.79 Å². The fourth-order valence-electron chi connectivity index (χ4n) is 2.90. The summed E-state index contributed by atoms with van der Waals surface area (Å²) in [6.45, 7) is 2.19. The van der Waals surface area contributed by atoms with Crippen LogP contribution in [0.4, 0.5) is 0 Å². The molecule has 0 spiro atoms. The van der Waals surface area contributed by atoms with Gasteiger partial charge in [0.15, 0.2) is 0 Å². The molecule has 0 atom stereocenters. The van der Waals surface area contributed by atoms with Gasteiger partial charge in [-0.05, 0) is 31.4 Å². The van der Waals surface area contributed by atoms with Crippen molar-refractivity contribution in [1.29, 1.82) is 0 Å². The third-order valence-electron chi connectivity index (χ3n) is 4.22. The lowest BCUT2D eigenvalue weighted by atomic mass is 10.0. The van der Waals surface area contributed by atoms with Gasteiger partial charge in [0.05, 0.1) is 6.61 Å². The molecule has 0 N–H and O–H groups in total. The summed E-state index contributed by atoms with van der Waals surface area (Å²) in [5.74, 6) is 1.08. The molecule has 0 saturated carbocycles. The van der Waals surface area contributed by atoms with E-state index in [4.69, 9.17) is 4.74 Å². The predicted molar refractivity (Wildman–Crippen MR) is 86.0 cm³/mol. The molecule has 122 valence electrons. The maximum absolute atomic E-state index is 12.2. The van der Waals surface area contributed by atoms with Crippen LogP contribution in [0.15, 0.2) is 43.0 Å². The molecule has 0 aliphatic carbocycles. The summed E-state index contributed by atoms with van der Waals surface area (Å²) in [6.07, 6.45) is 6.73. The number of aromatic nitrogens is 3. The van der Waals surface area contributed by atoms with Gasteiger partial charge in [-0.25, -0.2) is 0 Å². The number of amides is 1. The van der Waals surface area contributed by atoms with Crippen LogP contribution in [0, 0.1) is 0 Å². The summed E-state index contributed by atoms with van der Waals surface area (Å²) < 4.78 is 7.66. The highest BCUT2D eigenvalue weighted by molar-refractivity contribution is 5.76. The van der Waals surface area contributed by atoms with Crippen molar-refractivity contribution in [2.24, 2.45) is 0 Å². The molecular formula is C17H22N4O2. The molecule has 0 radical (unpaired) electrons. The summed E-state index contributed by atoms with van der Waals surface area (Å²) in [5.41, 5.74) is 0. The number of benzene rings is 1. The second-order valence-electron chi connectivity index (χ2n) is 5.79. The van der Waals surface area contributed by atoms with Crippen molar-refractivity contribution in [3.63, 3.8) is 0 Å². The van der Waals surface area contributed by atoms with Crippen LogP contribution >= 0.6 is 0 Å². The zero-order valence-corrected chi connectivity index (χ0v) is 13.2. The lowest BCUT2D eigenvalue weighted by Gasteiger charge is -2.32. The topological polar surface area (TPSA) is 60.2 Å². The van der Waals surface area contributed by atoms with Gasteiger partial charge in [-0.2, -0.15) is 0 Å². The van der Waals surface area contributed by atoms with Crippen LogP contribution in [0.1, 0.15) is 31.7 Å². The van der Waals surface area contributed by atoms with E-state index < -0.39 is 0 Å². The predicted octanol–water partition coefficient (Wildman–Crippen LogP) is 2.30. The Morgan fingerprint density at radius 2 is 1.83 bits per heavy atom. The van der Waals surface area contributed by atoms with E-state index in [9.17, 15) is 4.79 Å². The first-order valence-electron chi connectivity index (χ1n) is 8.12. The molecule has 6 nitrogen and oxygen atoms in total. The van der Waals surface area contributed by atoms with Crippen LogP contribution in [0.3, 0.4) is 0 Å². The molecule has 23 heavy (non-hydrogen) atoms. The van der Waals surface area contributed by atoms with E-state index in [0.29, 0.717) is 19.1 Å². The van der Waals surface area contributed by atoms with Crippen molar-refractivity contribution >= 4 is 5.91 Å². The van der Waals surface area contributed by atoms with E-state index in [1.165, 1.54) is 0 Å². The average Bonchev–Trinajstić information content (AvgIpc) is 3.14. The van der Waals surface area contributed by atoms with E-state index in [1.54, 1.807) is 12.7 Å². The number of carbonyl (C=O) groups excluding carboxylic acids is 1. The lowest BCUT2D eigenvalue weighted by molar-refractivity contribution is -0.132. The molecular weight excluding hydrogens is 292 g/mol. The van der Waals surface area contributed by atoms with Crippen molar-refractivity contribution in [3.05, 3.63) is 43.0 Å². The molecule has 0 bridgehead atoms. The summed E-state index contributed by atoms with van der Waals surface area (Å²) in [5, 5.41) is 7.69. The quantitative estimate of drug-likeness (QED) is 0.768. The summed E-state index contributed by atoms with van der Waals surface area (Å²) >= 11 is 0. The maximum Gasteiger partial charge on any atom is 0.222 e. The van der Waals surface area contributed by atoms with E-state index in [-0.39, 0.29) is 5.91 Å². The SMILES string of the molecule is O=C(CCCOc1ccccc1)N1CCC(n2cnnc2)CC1. The summed E-state index contributed by atoms with van der Waals surface area (Å²) in [6, 6.07) is 10.1. The highest BCUT2D eigenvalue weighted by Crippen LogP contribution is 2.22. The van der Waals surface area contributed by atoms with Crippen LogP contribution in [0.2, 0.25) is 0 Å². The normalized spacial score (nSPS) is 15.6. The third kappa shape index (κ3) is 4.31. The van der Waals surface area contributed by atoms with Gasteiger partial charge in [0.1, 0.15) is 18.4 Å². The number of ether oxygens (including phenoxy) is 1. The molecule has 1 aromatic carbocycles. The van der Waals surface area contributed by atoms with Crippen LogP contribution in [-0.2, 0) is 4.79 Å². The highest BCUT2D eigenvalue weighted by atomic mass is 16.5. The van der Waals surface area contributed by atoms with E-state index in [1.807, 2.05) is 39.8 Å². The van der Waals surface area contributed by atoms with Gasteiger partial charge in [0.25, 0.3) is 0 Å². The van der Waals surface area contributed by atoms with Crippen LogP contribution in [-0.4, -0.2) is 45.3 Å². The maximum atomic E-state index is 12.2. The van der Waals surface area contributed by atoms with Gasteiger partial charge in [0.2, 0.25) is 5.91 Å². The highest BCUT2D eigenvalue weighted by Gasteiger charge is 2.23. The first-order valence-corrected chi connectivity index (χ1v) is 8.12. The smallest absolute Gasteiger partial charge is 0.222 e. The van der Waals surface area contributed by atoms with Crippen LogP contribution in [0.25, 0.3) is 0 Å². The van der Waals surface area contributed by atoms with Crippen molar-refractivity contribution in [2.75, 3.05) is 19.7 Å². The number of likely N-dealkylation sites (tertiary alicyclic amines) is 1. The molecule has 1 fully saturated rings. The standard InChI is InChI=1S/C17H22N4O2/c22-17(7-4-12-23-16-5-2-1-3-6-16)20-10-8-15(9-11-20)21-13-18-19-14-21/h1-3,5-6,13-15H,4,7-12H2. The summed E-state index contributed by atoms with van der Waals surface area (Å²) in [4.78, 5) is 14.2. The van der Waals surface area contributed by atoms with Crippen LogP contribution in [0.5, 0.6) is 5.75 Å². The molecule has 3 rings (SSSR count). The number of carbonyl (C=O) groups is 1. The molecule has 1 aliphatic heterocycles. The zero-order chi connectivity index (χ0) is 15.9. The molecule has 1 aromatic heterocycles. The number of nitrogens with zero attached hydrogens (tertiary/aromatic N) is 4. The monoisotopic (exact) mass is 314 g/mol. The number of hydrogen-bond acceptors (Lipinski definition) is 4. The van der Waals surface area contributed by atoms with Crippen molar-refractivity contribution in [3.8, 4) is 5.75 Å². The fraction of sp³-hybridized carbons (Fsp3) is 0.471. The fourth-order valence-corrected chi connectivity index (χ4v) is 2.90. The Hall–Kier alpha value is -2.37. The molecule has 6 heteroatoms. The molecule has 1 amide bonds. The Labute approximate surface area is 136 Å². The third-order valence-corrected chi connectivity index (χ3v) is 4.22. The first kappa shape index (κ1) is 15.5. The number of hydrogen-bond donors (Lipinski definition) is 0. The van der Waals surface area contributed by atoms with Crippen LogP contribution < -0.4 is 4.74 Å². The van der Waals surface area contributed by atoms with Crippen molar-refractivity contribution < 1.29 is 9.53 Å².